The van der Waals surface area contributed by atoms with Crippen molar-refractivity contribution in [3.63, 3.8) is 0 Å². The second kappa shape index (κ2) is 8.29. The van der Waals surface area contributed by atoms with Gasteiger partial charge in [-0.05, 0) is 0 Å². The Hall–Kier alpha value is 2.37. The quantitative estimate of drug-likeness (QED) is 0.296. The standard InChI is InChI=1S/CH2O8P2.Fe.Mn.Na.H3O4P/c2-10(3,4)6-1-7-11(5,8-1)9-1;;;;1-5(2,3)4/h(H2,2,3,4);;;;(H3,1,2,3,4)/q;2*+2;+1;/p-5. The fourth-order valence-electron chi connectivity index (χ4n) is 0.618. The van der Waals surface area contributed by atoms with Gasteiger partial charge in [0.1, 0.15) is 0 Å². The number of phosphoric ester groups is 2. The van der Waals surface area contributed by atoms with Gasteiger partial charge in [-0.3, -0.25) is 4.52 Å². The Morgan fingerprint density at radius 1 is 1.00 bits per heavy atom. The van der Waals surface area contributed by atoms with Gasteiger partial charge in [0.2, 0.25) is 0 Å². The predicted octanol–water partition coefficient (Wildman–Crippen LogP) is -7.20. The van der Waals surface area contributed by atoms with E-state index in [1.54, 1.807) is 0 Å². The molecule has 3 heterocycles. The summed E-state index contributed by atoms with van der Waals surface area (Å²) in [5.41, 5.74) is 0. The summed E-state index contributed by atoms with van der Waals surface area (Å²) in [6.07, 6.45) is -2.34. The topological polar surface area (TPSA) is 203 Å². The number of hydrogen-bond acceptors (Lipinski definition) is 12. The minimum Gasteiger partial charge on any atom is -0.822 e. The zero-order chi connectivity index (χ0) is 12.8. The van der Waals surface area contributed by atoms with Crippen molar-refractivity contribution in [2.24, 2.45) is 0 Å². The summed E-state index contributed by atoms with van der Waals surface area (Å²) in [4.78, 5) is 45.4. The van der Waals surface area contributed by atoms with Crippen molar-refractivity contribution in [3.05, 3.63) is 0 Å². The fraction of sp³-hybridized carbons (Fsp3) is 1.00. The van der Waals surface area contributed by atoms with Gasteiger partial charge in [-0.1, -0.05) is 0 Å². The summed E-state index contributed by atoms with van der Waals surface area (Å²) in [5, 5.41) is 0. The molecule has 0 unspecified atom stereocenters. The third kappa shape index (κ3) is 9.88. The Bertz CT molecular complexity index is 392. The molecule has 0 aromatic rings. The Morgan fingerprint density at radius 3 is 1.42 bits per heavy atom. The molecule has 3 fully saturated rings. The molecule has 2 bridgehead atoms. The van der Waals surface area contributed by atoms with E-state index in [1.165, 1.54) is 0 Å². The number of hydrogen-bond donors (Lipinski definition) is 0. The molecule has 19 heavy (non-hydrogen) atoms. The van der Waals surface area contributed by atoms with Gasteiger partial charge in [-0.25, -0.2) is 18.1 Å². The molecule has 3 aliphatic heterocycles. The maximum Gasteiger partial charge on any atom is 2.00 e. The van der Waals surface area contributed by atoms with Crippen molar-refractivity contribution < 1.29 is 120 Å². The van der Waals surface area contributed by atoms with Crippen LogP contribution in [0.2, 0.25) is 0 Å². The van der Waals surface area contributed by atoms with Crippen LogP contribution in [0.25, 0.3) is 0 Å². The summed E-state index contributed by atoms with van der Waals surface area (Å²) >= 11 is 0. The molecule has 0 aromatic heterocycles. The zero-order valence-electron chi connectivity index (χ0n) is 8.47. The van der Waals surface area contributed by atoms with Crippen molar-refractivity contribution in [2.45, 2.75) is 6.16 Å². The van der Waals surface area contributed by atoms with E-state index >= 15 is 0 Å². The third-order valence-electron chi connectivity index (χ3n) is 0.894. The Labute approximate surface area is 148 Å². The van der Waals surface area contributed by atoms with Crippen LogP contribution in [0, 0.1) is 0 Å². The van der Waals surface area contributed by atoms with Gasteiger partial charge in [-0.2, -0.15) is 7.82 Å². The van der Waals surface area contributed by atoms with Gasteiger partial charge in [0, 0.05) is 0 Å². The first-order valence-corrected chi connectivity index (χ1v) is 7.39. The molecule has 1 radical (unpaired) electrons. The Balaban J connectivity index is -0.000000286. The van der Waals surface area contributed by atoms with E-state index in [2.05, 4.69) is 18.1 Å². The van der Waals surface area contributed by atoms with Gasteiger partial charge < -0.3 is 33.6 Å². The summed E-state index contributed by atoms with van der Waals surface area (Å²) in [6.45, 7) is 0. The van der Waals surface area contributed by atoms with E-state index in [4.69, 9.17) is 19.2 Å². The van der Waals surface area contributed by atoms with Gasteiger partial charge in [0.15, 0.2) is 0 Å². The molecule has 18 heteroatoms. The molecule has 0 spiro atoms. The maximum absolute atomic E-state index is 10.4. The van der Waals surface area contributed by atoms with Gasteiger partial charge in [-0.15, -0.1) is 0 Å². The Kier molecular flexibility index (Phi) is 11.5. The number of rotatable bonds is 2. The average molecular weight is 431 g/mol. The van der Waals surface area contributed by atoms with E-state index in [-0.39, 0.29) is 63.7 Å². The van der Waals surface area contributed by atoms with Crippen LogP contribution in [0.1, 0.15) is 0 Å². The monoisotopic (exact) mass is 431 g/mol. The molecule has 0 saturated carbocycles. The van der Waals surface area contributed by atoms with Crippen LogP contribution >= 0.6 is 23.5 Å². The largest absolute Gasteiger partial charge is 2.00 e. The summed E-state index contributed by atoms with van der Waals surface area (Å²) in [5.74, 6) is 0. The predicted molar refractivity (Wildman–Crippen MR) is 29.9 cm³/mol. The van der Waals surface area contributed by atoms with E-state index in [1.807, 2.05) is 0 Å². The first kappa shape index (κ1) is 26.3. The molecule has 3 rings (SSSR count). The van der Waals surface area contributed by atoms with Crippen LogP contribution in [0.3, 0.4) is 0 Å². The van der Waals surface area contributed by atoms with Crippen molar-refractivity contribution >= 4 is 23.5 Å². The van der Waals surface area contributed by atoms with Crippen LogP contribution < -0.4 is 54.0 Å². The summed E-state index contributed by atoms with van der Waals surface area (Å²) in [7, 11) is -14.1. The first-order chi connectivity index (χ1) is 6.83. The second-order valence-corrected chi connectivity index (χ2v) is 5.62. The zero-order valence-corrected chi connectivity index (χ0v) is 15.4. The summed E-state index contributed by atoms with van der Waals surface area (Å²) < 4.78 is 44.7. The van der Waals surface area contributed by atoms with E-state index in [0.717, 1.165) is 0 Å². The molecule has 3 aliphatic rings. The van der Waals surface area contributed by atoms with Crippen LogP contribution in [0.4, 0.5) is 0 Å². The maximum atomic E-state index is 10.4. The van der Waals surface area contributed by atoms with E-state index in [0.29, 0.717) is 0 Å². The second-order valence-electron chi connectivity index (χ2n) is 2.21. The molecular formula is CFeMnNaO12P3. The molecular weight excluding hydrogens is 431 g/mol. The minimum absolute atomic E-state index is 0. The SMILES string of the molecule is O=P([O-])([O-])OC12OP(=O)(O1)O2.O=P([O-])([O-])[O-].[Fe+2].[Mn+2].[Na+]. The molecule has 12 nitrogen and oxygen atoms in total. The smallest absolute Gasteiger partial charge is 0.822 e. The first-order valence-electron chi connectivity index (χ1n) is 3.01. The minimum atomic E-state index is -5.39. The molecule has 3 saturated heterocycles. The third-order valence-corrected chi connectivity index (χ3v) is 2.68. The molecule has 0 aliphatic carbocycles. The van der Waals surface area contributed by atoms with Crippen LogP contribution in [0.15, 0.2) is 0 Å². The van der Waals surface area contributed by atoms with Crippen LogP contribution in [-0.2, 0) is 65.9 Å². The van der Waals surface area contributed by atoms with E-state index < -0.39 is 29.6 Å². The fourth-order valence-corrected chi connectivity index (χ4v) is 2.15. The molecule has 0 amide bonds. The van der Waals surface area contributed by atoms with Crippen LogP contribution in [0.5, 0.6) is 0 Å². The van der Waals surface area contributed by atoms with E-state index in [9.17, 15) is 18.9 Å². The molecule has 107 valence electrons. The van der Waals surface area contributed by atoms with Crippen LogP contribution in [-0.4, -0.2) is 6.16 Å². The molecule has 0 atom stereocenters. The van der Waals surface area contributed by atoms with Crippen molar-refractivity contribution in [2.75, 3.05) is 0 Å². The number of phosphoric acid groups is 3. The van der Waals surface area contributed by atoms with Crippen molar-refractivity contribution in [3.8, 4) is 0 Å². The van der Waals surface area contributed by atoms with Crippen molar-refractivity contribution in [1.29, 1.82) is 0 Å². The summed E-state index contributed by atoms with van der Waals surface area (Å²) in [6, 6.07) is 0. The average Bonchev–Trinajstić information content (AvgIpc) is 1.72. The van der Waals surface area contributed by atoms with Crippen molar-refractivity contribution in [1.82, 2.24) is 0 Å². The van der Waals surface area contributed by atoms with Gasteiger partial charge in [0.25, 0.3) is 0 Å². The normalized spacial score (nSPS) is 30.8. The molecule has 0 aromatic carbocycles. The van der Waals surface area contributed by atoms with Gasteiger partial charge in [0.05, 0.1) is 7.82 Å². The Morgan fingerprint density at radius 2 is 1.26 bits per heavy atom. The van der Waals surface area contributed by atoms with Gasteiger partial charge >= 0.3 is 77.7 Å². The molecule has 0 N–H and O–H groups in total.